The van der Waals surface area contributed by atoms with E-state index in [0.717, 1.165) is 25.0 Å². The Balaban J connectivity index is 2.45. The number of hydroxylamine groups is 2. The van der Waals surface area contributed by atoms with Crippen molar-refractivity contribution in [3.63, 3.8) is 0 Å². The molecule has 0 bridgehead atoms. The fourth-order valence-electron chi connectivity index (χ4n) is 1.09. The number of carbonyl (C=O) groups excluding carboxylic acids is 1. The van der Waals surface area contributed by atoms with E-state index in [1.54, 1.807) is 6.08 Å². The average Bonchev–Trinajstić information content (AvgIpc) is 2.05. The summed E-state index contributed by atoms with van der Waals surface area (Å²) in [6.45, 7) is 5.20. The zero-order chi connectivity index (χ0) is 8.97. The van der Waals surface area contributed by atoms with Gasteiger partial charge in [0.1, 0.15) is 0 Å². The minimum absolute atomic E-state index is 0.0327. The number of hydrogen-bond donors (Lipinski definition) is 0. The molecule has 0 unspecified atom stereocenters. The van der Waals surface area contributed by atoms with E-state index in [-0.39, 0.29) is 5.91 Å². The highest BCUT2D eigenvalue weighted by molar-refractivity contribution is 5.87. The van der Waals surface area contributed by atoms with Crippen LogP contribution in [0.15, 0.2) is 11.6 Å². The molecule has 0 aromatic heterocycles. The fourth-order valence-corrected chi connectivity index (χ4v) is 1.09. The number of nitrogens with zero attached hydrogens (tertiary/aromatic N) is 1. The molecule has 0 spiro atoms. The van der Waals surface area contributed by atoms with Crippen molar-refractivity contribution in [2.45, 2.75) is 26.7 Å². The minimum atomic E-state index is -0.0327. The Kier molecular flexibility index (Phi) is 3.29. The predicted octanol–water partition coefficient (Wildman–Crippen LogP) is 1.51. The molecule has 1 saturated heterocycles. The number of allylic oxidation sites excluding steroid dienone is 1. The van der Waals surface area contributed by atoms with E-state index in [0.29, 0.717) is 6.61 Å². The van der Waals surface area contributed by atoms with E-state index in [2.05, 4.69) is 0 Å². The van der Waals surface area contributed by atoms with Gasteiger partial charge in [0, 0.05) is 12.6 Å². The molecule has 0 radical (unpaired) electrons. The zero-order valence-electron chi connectivity index (χ0n) is 7.67. The molecule has 68 valence electrons. The van der Waals surface area contributed by atoms with Gasteiger partial charge in [0.15, 0.2) is 0 Å². The van der Waals surface area contributed by atoms with Gasteiger partial charge in [-0.3, -0.25) is 9.63 Å². The summed E-state index contributed by atoms with van der Waals surface area (Å²) in [5, 5.41) is 1.44. The summed E-state index contributed by atoms with van der Waals surface area (Å²) in [7, 11) is 0. The summed E-state index contributed by atoms with van der Waals surface area (Å²) in [6.07, 6.45) is 3.70. The topological polar surface area (TPSA) is 29.5 Å². The first-order valence-corrected chi connectivity index (χ1v) is 4.29. The van der Waals surface area contributed by atoms with Crippen molar-refractivity contribution in [1.29, 1.82) is 0 Å². The van der Waals surface area contributed by atoms with Crippen molar-refractivity contribution in [3.8, 4) is 0 Å². The second kappa shape index (κ2) is 4.26. The van der Waals surface area contributed by atoms with Crippen molar-refractivity contribution < 1.29 is 9.63 Å². The van der Waals surface area contributed by atoms with E-state index >= 15 is 0 Å². The number of rotatable bonds is 1. The maximum absolute atomic E-state index is 11.3. The lowest BCUT2D eigenvalue weighted by Gasteiger charge is -2.24. The molecule has 0 aliphatic carbocycles. The first-order valence-electron chi connectivity index (χ1n) is 4.29. The van der Waals surface area contributed by atoms with Crippen LogP contribution >= 0.6 is 0 Å². The third-order valence-electron chi connectivity index (χ3n) is 1.66. The minimum Gasteiger partial charge on any atom is -0.271 e. The first kappa shape index (κ1) is 9.26. The van der Waals surface area contributed by atoms with Crippen molar-refractivity contribution >= 4 is 5.91 Å². The van der Waals surface area contributed by atoms with Gasteiger partial charge in [0.25, 0.3) is 5.91 Å². The van der Waals surface area contributed by atoms with Gasteiger partial charge in [-0.25, -0.2) is 5.06 Å². The molecule has 3 heteroatoms. The van der Waals surface area contributed by atoms with Gasteiger partial charge in [0.2, 0.25) is 0 Å². The van der Waals surface area contributed by atoms with Crippen LogP contribution in [-0.2, 0) is 9.63 Å². The van der Waals surface area contributed by atoms with Crippen LogP contribution in [0, 0.1) is 0 Å². The number of carbonyl (C=O) groups is 1. The van der Waals surface area contributed by atoms with Gasteiger partial charge in [-0.15, -0.1) is 0 Å². The van der Waals surface area contributed by atoms with Gasteiger partial charge >= 0.3 is 0 Å². The summed E-state index contributed by atoms with van der Waals surface area (Å²) in [5.74, 6) is -0.0327. The average molecular weight is 169 g/mol. The van der Waals surface area contributed by atoms with E-state index in [4.69, 9.17) is 4.84 Å². The van der Waals surface area contributed by atoms with Crippen LogP contribution in [0.1, 0.15) is 26.7 Å². The second-order valence-corrected chi connectivity index (χ2v) is 3.20. The highest BCUT2D eigenvalue weighted by Crippen LogP contribution is 2.07. The molecule has 3 nitrogen and oxygen atoms in total. The van der Waals surface area contributed by atoms with Crippen LogP contribution in [0.2, 0.25) is 0 Å². The molecule has 0 aromatic carbocycles. The third-order valence-corrected chi connectivity index (χ3v) is 1.66. The lowest BCUT2D eigenvalue weighted by Crippen LogP contribution is -2.34. The molecule has 12 heavy (non-hydrogen) atoms. The van der Waals surface area contributed by atoms with Crippen molar-refractivity contribution in [1.82, 2.24) is 5.06 Å². The monoisotopic (exact) mass is 169 g/mol. The van der Waals surface area contributed by atoms with Crippen molar-refractivity contribution in [2.75, 3.05) is 13.2 Å². The molecule has 1 amide bonds. The first-order chi connectivity index (χ1) is 5.70. The highest BCUT2D eigenvalue weighted by Gasteiger charge is 2.14. The summed E-state index contributed by atoms with van der Waals surface area (Å²) < 4.78 is 0. The van der Waals surface area contributed by atoms with E-state index < -0.39 is 0 Å². The lowest BCUT2D eigenvalue weighted by atomic mass is 10.3. The van der Waals surface area contributed by atoms with Crippen LogP contribution in [0.4, 0.5) is 0 Å². The molecule has 0 N–H and O–H groups in total. The van der Waals surface area contributed by atoms with E-state index in [1.807, 2.05) is 13.8 Å². The van der Waals surface area contributed by atoms with Crippen LogP contribution < -0.4 is 0 Å². The molecular formula is C9H15NO2. The van der Waals surface area contributed by atoms with Gasteiger partial charge in [-0.1, -0.05) is 5.57 Å². The zero-order valence-corrected chi connectivity index (χ0v) is 7.67. The van der Waals surface area contributed by atoms with E-state index in [9.17, 15) is 4.79 Å². The Hall–Kier alpha value is -0.830. The maximum atomic E-state index is 11.3. The molecule has 0 atom stereocenters. The maximum Gasteiger partial charge on any atom is 0.270 e. The van der Waals surface area contributed by atoms with Crippen LogP contribution in [0.25, 0.3) is 0 Å². The Morgan fingerprint density at radius 3 is 2.67 bits per heavy atom. The molecule has 1 rings (SSSR count). The molecule has 0 aromatic rings. The summed E-state index contributed by atoms with van der Waals surface area (Å²) in [6, 6.07) is 0. The predicted molar refractivity (Wildman–Crippen MR) is 46.3 cm³/mol. The van der Waals surface area contributed by atoms with E-state index in [1.165, 1.54) is 5.06 Å². The Morgan fingerprint density at radius 2 is 2.17 bits per heavy atom. The number of amides is 1. The summed E-state index contributed by atoms with van der Waals surface area (Å²) in [4.78, 5) is 16.5. The van der Waals surface area contributed by atoms with Crippen LogP contribution in [-0.4, -0.2) is 24.1 Å². The fraction of sp³-hybridized carbons (Fsp3) is 0.667. The van der Waals surface area contributed by atoms with Crippen LogP contribution in [0.5, 0.6) is 0 Å². The molecule has 1 aliphatic heterocycles. The van der Waals surface area contributed by atoms with Gasteiger partial charge in [0.05, 0.1) is 6.61 Å². The third kappa shape index (κ3) is 2.66. The lowest BCUT2D eigenvalue weighted by molar-refractivity contribution is -0.191. The van der Waals surface area contributed by atoms with Crippen molar-refractivity contribution in [3.05, 3.63) is 11.6 Å². The normalized spacial score (nSPS) is 17.3. The molecule has 1 aliphatic rings. The van der Waals surface area contributed by atoms with Gasteiger partial charge in [-0.05, 0) is 26.7 Å². The smallest absolute Gasteiger partial charge is 0.270 e. The summed E-state index contributed by atoms with van der Waals surface area (Å²) in [5.41, 5.74) is 1.01. The summed E-state index contributed by atoms with van der Waals surface area (Å²) >= 11 is 0. The molecular weight excluding hydrogens is 154 g/mol. The highest BCUT2D eigenvalue weighted by atomic mass is 16.7. The van der Waals surface area contributed by atoms with Gasteiger partial charge in [-0.2, -0.15) is 0 Å². The molecule has 1 heterocycles. The Bertz CT molecular complexity index is 189. The Morgan fingerprint density at radius 1 is 1.42 bits per heavy atom. The largest absolute Gasteiger partial charge is 0.271 e. The quantitative estimate of drug-likeness (QED) is 0.557. The molecule has 0 saturated carbocycles. The Labute approximate surface area is 73.0 Å². The van der Waals surface area contributed by atoms with Crippen molar-refractivity contribution in [2.24, 2.45) is 0 Å². The standard InChI is InChI=1S/C9H15NO2/c1-8(2)7-9(11)10-5-3-4-6-12-10/h7H,3-6H2,1-2H3. The number of hydrogen-bond acceptors (Lipinski definition) is 2. The second-order valence-electron chi connectivity index (χ2n) is 3.20. The molecule has 1 fully saturated rings. The van der Waals surface area contributed by atoms with Crippen LogP contribution in [0.3, 0.4) is 0 Å². The van der Waals surface area contributed by atoms with Gasteiger partial charge < -0.3 is 0 Å². The SMILES string of the molecule is CC(C)=CC(=O)N1CCCCO1.